The molecule has 0 fully saturated rings. The van der Waals surface area contributed by atoms with Gasteiger partial charge in [0.15, 0.2) is 6.39 Å². The van der Waals surface area contributed by atoms with Crippen molar-refractivity contribution in [1.82, 2.24) is 4.98 Å². The van der Waals surface area contributed by atoms with E-state index in [1.807, 2.05) is 0 Å². The summed E-state index contributed by atoms with van der Waals surface area (Å²) in [6.45, 7) is 4.67. The Morgan fingerprint density at radius 1 is 1.30 bits per heavy atom. The standard InChI is InChI=1S/C14H16Cl2N2O2/c1-8(2)3-12-14(20-7-18-12)6-17-11-4-9(15)10(16)5-13(11)19/h4-5,7-8,17,19H,3,6H2,1-2H3. The number of anilines is 1. The van der Waals surface area contributed by atoms with Gasteiger partial charge in [0.25, 0.3) is 0 Å². The van der Waals surface area contributed by atoms with E-state index in [-0.39, 0.29) is 5.75 Å². The third kappa shape index (κ3) is 3.58. The van der Waals surface area contributed by atoms with E-state index in [0.717, 1.165) is 17.9 Å². The highest BCUT2D eigenvalue weighted by Gasteiger charge is 2.12. The summed E-state index contributed by atoms with van der Waals surface area (Å²) in [7, 11) is 0. The Bertz CT molecular complexity index is 597. The van der Waals surface area contributed by atoms with E-state index in [1.165, 1.54) is 12.5 Å². The number of hydrogen-bond donors (Lipinski definition) is 2. The summed E-state index contributed by atoms with van der Waals surface area (Å²) in [5.74, 6) is 1.30. The van der Waals surface area contributed by atoms with E-state index in [0.29, 0.717) is 28.2 Å². The van der Waals surface area contributed by atoms with Crippen molar-refractivity contribution in [3.8, 4) is 5.75 Å². The Morgan fingerprint density at radius 3 is 2.70 bits per heavy atom. The van der Waals surface area contributed by atoms with Crippen LogP contribution in [0.2, 0.25) is 10.0 Å². The predicted octanol–water partition coefficient (Wildman–Crippen LogP) is 4.50. The van der Waals surface area contributed by atoms with Crippen LogP contribution in [0.15, 0.2) is 22.9 Å². The topological polar surface area (TPSA) is 58.3 Å². The molecule has 1 heterocycles. The van der Waals surface area contributed by atoms with Gasteiger partial charge in [-0.3, -0.25) is 0 Å². The van der Waals surface area contributed by atoms with Crippen LogP contribution in [0.4, 0.5) is 5.69 Å². The molecule has 0 saturated carbocycles. The Hall–Kier alpha value is -1.39. The summed E-state index contributed by atoms with van der Waals surface area (Å²) < 4.78 is 5.37. The Balaban J connectivity index is 2.09. The van der Waals surface area contributed by atoms with E-state index in [2.05, 4.69) is 24.1 Å². The molecule has 20 heavy (non-hydrogen) atoms. The minimum atomic E-state index is 0.0457. The van der Waals surface area contributed by atoms with Gasteiger partial charge in [-0.1, -0.05) is 37.0 Å². The van der Waals surface area contributed by atoms with Crippen molar-refractivity contribution in [3.63, 3.8) is 0 Å². The van der Waals surface area contributed by atoms with Gasteiger partial charge in [0.05, 0.1) is 28.0 Å². The van der Waals surface area contributed by atoms with Crippen LogP contribution in [0.3, 0.4) is 0 Å². The molecule has 0 aliphatic rings. The first kappa shape index (κ1) is 15.0. The van der Waals surface area contributed by atoms with Crippen LogP contribution in [-0.2, 0) is 13.0 Å². The zero-order valence-corrected chi connectivity index (χ0v) is 12.8. The molecule has 0 radical (unpaired) electrons. The van der Waals surface area contributed by atoms with Gasteiger partial charge in [-0.25, -0.2) is 4.98 Å². The van der Waals surface area contributed by atoms with Gasteiger partial charge < -0.3 is 14.8 Å². The summed E-state index contributed by atoms with van der Waals surface area (Å²) in [6.07, 6.45) is 2.28. The van der Waals surface area contributed by atoms with Crippen LogP contribution in [0.5, 0.6) is 5.75 Å². The average molecular weight is 315 g/mol. The summed E-state index contributed by atoms with van der Waals surface area (Å²) >= 11 is 11.7. The van der Waals surface area contributed by atoms with Crippen LogP contribution in [0.25, 0.3) is 0 Å². The quantitative estimate of drug-likeness (QED) is 0.798. The van der Waals surface area contributed by atoms with Crippen LogP contribution in [0, 0.1) is 5.92 Å². The Kier molecular flexibility index (Phi) is 4.78. The highest BCUT2D eigenvalue weighted by atomic mass is 35.5. The van der Waals surface area contributed by atoms with Crippen molar-refractivity contribution < 1.29 is 9.52 Å². The molecule has 0 unspecified atom stereocenters. The number of phenolic OH excluding ortho intramolecular Hbond substituents is 1. The SMILES string of the molecule is CC(C)Cc1ncoc1CNc1cc(Cl)c(Cl)cc1O. The average Bonchev–Trinajstić information content (AvgIpc) is 2.79. The lowest BCUT2D eigenvalue weighted by Gasteiger charge is -2.09. The second-order valence-corrected chi connectivity index (χ2v) is 5.77. The first-order chi connectivity index (χ1) is 9.47. The Morgan fingerprint density at radius 2 is 2.00 bits per heavy atom. The van der Waals surface area contributed by atoms with Crippen molar-refractivity contribution in [2.24, 2.45) is 5.92 Å². The summed E-state index contributed by atoms with van der Waals surface area (Å²) in [5, 5.41) is 13.6. The number of nitrogens with one attached hydrogen (secondary N) is 1. The number of nitrogens with zero attached hydrogens (tertiary/aromatic N) is 1. The molecule has 0 amide bonds. The van der Waals surface area contributed by atoms with Gasteiger partial charge in [0.1, 0.15) is 11.5 Å². The van der Waals surface area contributed by atoms with E-state index in [4.69, 9.17) is 27.6 Å². The van der Waals surface area contributed by atoms with Crippen molar-refractivity contribution in [2.45, 2.75) is 26.8 Å². The fraction of sp³-hybridized carbons (Fsp3) is 0.357. The van der Waals surface area contributed by atoms with Gasteiger partial charge in [-0.2, -0.15) is 0 Å². The highest BCUT2D eigenvalue weighted by molar-refractivity contribution is 6.42. The molecule has 0 aliphatic heterocycles. The summed E-state index contributed by atoms with van der Waals surface area (Å²) in [6, 6.07) is 2.99. The van der Waals surface area contributed by atoms with E-state index in [1.54, 1.807) is 6.07 Å². The molecule has 2 N–H and O–H groups in total. The molecule has 1 aromatic carbocycles. The number of hydrogen-bond acceptors (Lipinski definition) is 4. The van der Waals surface area contributed by atoms with Crippen LogP contribution in [0.1, 0.15) is 25.3 Å². The maximum Gasteiger partial charge on any atom is 0.181 e. The third-order valence-electron chi connectivity index (χ3n) is 2.80. The second kappa shape index (κ2) is 6.37. The minimum Gasteiger partial charge on any atom is -0.506 e. The zero-order chi connectivity index (χ0) is 14.7. The smallest absolute Gasteiger partial charge is 0.181 e. The van der Waals surface area contributed by atoms with Gasteiger partial charge in [0, 0.05) is 6.07 Å². The molecule has 2 rings (SSSR count). The van der Waals surface area contributed by atoms with Crippen molar-refractivity contribution in [2.75, 3.05) is 5.32 Å². The molecular weight excluding hydrogens is 299 g/mol. The largest absolute Gasteiger partial charge is 0.506 e. The lowest BCUT2D eigenvalue weighted by molar-refractivity contribution is 0.475. The summed E-state index contributed by atoms with van der Waals surface area (Å²) in [4.78, 5) is 4.21. The predicted molar refractivity (Wildman–Crippen MR) is 80.5 cm³/mol. The summed E-state index contributed by atoms with van der Waals surface area (Å²) in [5.41, 5.74) is 1.43. The molecule has 2 aromatic rings. The number of benzene rings is 1. The third-order valence-corrected chi connectivity index (χ3v) is 3.53. The molecule has 0 aliphatic carbocycles. The van der Waals surface area contributed by atoms with Gasteiger partial charge in [-0.15, -0.1) is 0 Å². The monoisotopic (exact) mass is 314 g/mol. The lowest BCUT2D eigenvalue weighted by Crippen LogP contribution is -2.04. The van der Waals surface area contributed by atoms with Gasteiger partial charge in [-0.05, 0) is 18.4 Å². The molecule has 4 nitrogen and oxygen atoms in total. The highest BCUT2D eigenvalue weighted by Crippen LogP contribution is 2.33. The first-order valence-electron chi connectivity index (χ1n) is 6.30. The number of rotatable bonds is 5. The van der Waals surface area contributed by atoms with Gasteiger partial charge in [0.2, 0.25) is 0 Å². The van der Waals surface area contributed by atoms with Crippen LogP contribution < -0.4 is 5.32 Å². The molecule has 0 bridgehead atoms. The number of aromatic nitrogens is 1. The normalized spacial score (nSPS) is 11.1. The van der Waals surface area contributed by atoms with Crippen LogP contribution >= 0.6 is 23.2 Å². The number of oxazole rings is 1. The maximum absolute atomic E-state index is 9.81. The van der Waals surface area contributed by atoms with Crippen LogP contribution in [-0.4, -0.2) is 10.1 Å². The zero-order valence-electron chi connectivity index (χ0n) is 11.3. The number of halogens is 2. The van der Waals surface area contributed by atoms with E-state index >= 15 is 0 Å². The molecular formula is C14H16Cl2N2O2. The maximum atomic E-state index is 9.81. The van der Waals surface area contributed by atoms with E-state index < -0.39 is 0 Å². The molecule has 0 spiro atoms. The van der Waals surface area contributed by atoms with Gasteiger partial charge >= 0.3 is 0 Å². The molecule has 0 atom stereocenters. The van der Waals surface area contributed by atoms with Crippen molar-refractivity contribution in [3.05, 3.63) is 40.0 Å². The fourth-order valence-corrected chi connectivity index (χ4v) is 2.17. The second-order valence-electron chi connectivity index (χ2n) is 4.96. The molecule has 1 aromatic heterocycles. The van der Waals surface area contributed by atoms with E-state index in [9.17, 15) is 5.11 Å². The lowest BCUT2D eigenvalue weighted by atomic mass is 10.1. The number of aromatic hydroxyl groups is 1. The van der Waals surface area contributed by atoms with Crippen molar-refractivity contribution in [1.29, 1.82) is 0 Å². The van der Waals surface area contributed by atoms with Crippen molar-refractivity contribution >= 4 is 28.9 Å². The minimum absolute atomic E-state index is 0.0457. The molecule has 0 saturated heterocycles. The Labute approximate surface area is 127 Å². The first-order valence-corrected chi connectivity index (χ1v) is 7.06. The molecule has 108 valence electrons. The fourth-order valence-electron chi connectivity index (χ4n) is 1.84. The number of phenols is 1. The molecule has 6 heteroatoms.